The van der Waals surface area contributed by atoms with Gasteiger partial charge in [-0.2, -0.15) is 0 Å². The largest absolute Gasteiger partial charge is 0.393 e. The van der Waals surface area contributed by atoms with Gasteiger partial charge in [0.15, 0.2) is 11.6 Å². The van der Waals surface area contributed by atoms with Gasteiger partial charge in [-0.25, -0.2) is 15.0 Å². The summed E-state index contributed by atoms with van der Waals surface area (Å²) in [5, 5.41) is 5.33. The highest BCUT2D eigenvalue weighted by Gasteiger charge is 2.09. The SMILES string of the molecule is Nc1c(NCCc2cccs2)ncnc1-n1ccnc1. The molecule has 3 rings (SSSR count). The lowest BCUT2D eigenvalue weighted by Gasteiger charge is -2.10. The number of imidazole rings is 1. The monoisotopic (exact) mass is 286 g/mol. The van der Waals surface area contributed by atoms with Crippen LogP contribution in [-0.2, 0) is 6.42 Å². The van der Waals surface area contributed by atoms with Crippen molar-refractivity contribution in [1.29, 1.82) is 0 Å². The second-order valence-corrected chi connectivity index (χ2v) is 5.22. The van der Waals surface area contributed by atoms with E-state index in [0.717, 1.165) is 13.0 Å². The van der Waals surface area contributed by atoms with Crippen molar-refractivity contribution in [3.05, 3.63) is 47.4 Å². The van der Waals surface area contributed by atoms with Crippen LogP contribution in [0.25, 0.3) is 5.82 Å². The van der Waals surface area contributed by atoms with E-state index in [1.807, 2.05) is 0 Å². The Bertz CT molecular complexity index is 662. The number of hydrogen-bond donors (Lipinski definition) is 2. The van der Waals surface area contributed by atoms with E-state index in [9.17, 15) is 0 Å². The highest BCUT2D eigenvalue weighted by Crippen LogP contribution is 2.21. The molecule has 0 aliphatic heterocycles. The van der Waals surface area contributed by atoms with Crippen molar-refractivity contribution in [2.75, 3.05) is 17.6 Å². The first-order valence-corrected chi connectivity index (χ1v) is 7.07. The Hall–Kier alpha value is -2.41. The zero-order valence-corrected chi connectivity index (χ0v) is 11.5. The summed E-state index contributed by atoms with van der Waals surface area (Å²) >= 11 is 1.75. The molecule has 7 heteroatoms. The van der Waals surface area contributed by atoms with Crippen LogP contribution in [-0.4, -0.2) is 26.1 Å². The first-order valence-electron chi connectivity index (χ1n) is 6.19. The number of rotatable bonds is 5. The standard InChI is InChI=1S/C13H14N6S/c14-11-12(16-4-3-10-2-1-7-20-10)17-8-18-13(11)19-6-5-15-9-19/h1-2,5-9H,3-4,14H2,(H,16,17,18). The molecule has 0 radical (unpaired) electrons. The van der Waals surface area contributed by atoms with Crippen molar-refractivity contribution >= 4 is 22.8 Å². The van der Waals surface area contributed by atoms with E-state index >= 15 is 0 Å². The Morgan fingerprint density at radius 2 is 2.30 bits per heavy atom. The van der Waals surface area contributed by atoms with Crippen LogP contribution in [0.15, 0.2) is 42.6 Å². The Morgan fingerprint density at radius 3 is 3.05 bits per heavy atom. The molecule has 0 aromatic carbocycles. The van der Waals surface area contributed by atoms with Gasteiger partial charge >= 0.3 is 0 Å². The summed E-state index contributed by atoms with van der Waals surface area (Å²) in [6.07, 6.45) is 7.59. The fourth-order valence-electron chi connectivity index (χ4n) is 1.88. The molecule has 0 fully saturated rings. The Balaban J connectivity index is 1.72. The lowest BCUT2D eigenvalue weighted by molar-refractivity contribution is 0.964. The first-order chi connectivity index (χ1) is 9.84. The molecule has 3 aromatic heterocycles. The smallest absolute Gasteiger partial charge is 0.166 e. The summed E-state index contributed by atoms with van der Waals surface area (Å²) in [5.41, 5.74) is 6.63. The summed E-state index contributed by atoms with van der Waals surface area (Å²) in [4.78, 5) is 13.7. The fraction of sp³-hybridized carbons (Fsp3) is 0.154. The van der Waals surface area contributed by atoms with Crippen LogP contribution in [0.5, 0.6) is 0 Å². The number of nitrogens with two attached hydrogens (primary N) is 1. The van der Waals surface area contributed by atoms with E-state index in [2.05, 4.69) is 37.8 Å². The number of thiophene rings is 1. The quantitative estimate of drug-likeness (QED) is 0.749. The summed E-state index contributed by atoms with van der Waals surface area (Å²) in [5.74, 6) is 1.29. The van der Waals surface area contributed by atoms with Gasteiger partial charge < -0.3 is 11.1 Å². The molecule has 0 unspecified atom stereocenters. The van der Waals surface area contributed by atoms with Crippen molar-refractivity contribution in [3.8, 4) is 5.82 Å². The molecule has 3 N–H and O–H groups in total. The second-order valence-electron chi connectivity index (χ2n) is 4.19. The zero-order chi connectivity index (χ0) is 13.8. The maximum atomic E-state index is 6.10. The molecular formula is C13H14N6S. The maximum Gasteiger partial charge on any atom is 0.166 e. The Kier molecular flexibility index (Phi) is 3.60. The number of anilines is 2. The second kappa shape index (κ2) is 5.70. The lowest BCUT2D eigenvalue weighted by atomic mass is 10.3. The van der Waals surface area contributed by atoms with Crippen LogP contribution < -0.4 is 11.1 Å². The zero-order valence-electron chi connectivity index (χ0n) is 10.7. The Morgan fingerprint density at radius 1 is 1.35 bits per heavy atom. The molecule has 102 valence electrons. The van der Waals surface area contributed by atoms with Gasteiger partial charge in [-0.05, 0) is 17.9 Å². The number of nitrogens with zero attached hydrogens (tertiary/aromatic N) is 4. The van der Waals surface area contributed by atoms with Gasteiger partial charge in [-0.15, -0.1) is 11.3 Å². The van der Waals surface area contributed by atoms with Crippen LogP contribution in [0.2, 0.25) is 0 Å². The summed E-state index contributed by atoms with van der Waals surface area (Å²) in [6, 6.07) is 4.17. The Labute approximate surface area is 120 Å². The van der Waals surface area contributed by atoms with Crippen LogP contribution in [0.4, 0.5) is 11.5 Å². The highest BCUT2D eigenvalue weighted by atomic mass is 32.1. The van der Waals surface area contributed by atoms with Crippen molar-refractivity contribution < 1.29 is 0 Å². The first kappa shape index (κ1) is 12.6. The molecule has 0 bridgehead atoms. The molecule has 0 aliphatic rings. The molecule has 6 nitrogen and oxygen atoms in total. The third kappa shape index (κ3) is 2.62. The van der Waals surface area contributed by atoms with Crippen molar-refractivity contribution in [1.82, 2.24) is 19.5 Å². The predicted molar refractivity (Wildman–Crippen MR) is 80.1 cm³/mol. The van der Waals surface area contributed by atoms with Gasteiger partial charge in [0.25, 0.3) is 0 Å². The number of nitrogen functional groups attached to an aromatic ring is 1. The average molecular weight is 286 g/mol. The molecule has 0 saturated heterocycles. The predicted octanol–water partition coefficient (Wildman–Crippen LogP) is 1.96. The number of nitrogens with one attached hydrogen (secondary N) is 1. The molecule has 0 spiro atoms. The average Bonchev–Trinajstić information content (AvgIpc) is 3.13. The van der Waals surface area contributed by atoms with Gasteiger partial charge in [-0.1, -0.05) is 6.07 Å². The van der Waals surface area contributed by atoms with Crippen molar-refractivity contribution in [3.63, 3.8) is 0 Å². The summed E-state index contributed by atoms with van der Waals surface area (Å²) < 4.78 is 1.77. The van der Waals surface area contributed by atoms with Gasteiger partial charge in [0.05, 0.1) is 0 Å². The molecule has 3 aromatic rings. The fourth-order valence-corrected chi connectivity index (χ4v) is 2.59. The maximum absolute atomic E-state index is 6.10. The van der Waals surface area contributed by atoms with Crippen molar-refractivity contribution in [2.45, 2.75) is 6.42 Å². The highest BCUT2D eigenvalue weighted by molar-refractivity contribution is 7.09. The summed E-state index contributed by atoms with van der Waals surface area (Å²) in [6.45, 7) is 0.783. The van der Waals surface area contributed by atoms with Gasteiger partial charge in [-0.3, -0.25) is 4.57 Å². The molecular weight excluding hydrogens is 272 g/mol. The van der Waals surface area contributed by atoms with E-state index in [0.29, 0.717) is 17.3 Å². The third-order valence-corrected chi connectivity index (χ3v) is 3.79. The molecule has 0 amide bonds. The minimum atomic E-state index is 0.525. The minimum Gasteiger partial charge on any atom is -0.393 e. The third-order valence-electron chi connectivity index (χ3n) is 2.86. The number of aromatic nitrogens is 4. The van der Waals surface area contributed by atoms with E-state index in [-0.39, 0.29) is 0 Å². The van der Waals surface area contributed by atoms with Gasteiger partial charge in [0, 0.05) is 23.8 Å². The van der Waals surface area contributed by atoms with Crippen LogP contribution >= 0.6 is 11.3 Å². The molecule has 20 heavy (non-hydrogen) atoms. The molecule has 3 heterocycles. The minimum absolute atomic E-state index is 0.525. The lowest BCUT2D eigenvalue weighted by Crippen LogP contribution is -2.11. The van der Waals surface area contributed by atoms with Gasteiger partial charge in [0.1, 0.15) is 18.3 Å². The molecule has 0 atom stereocenters. The summed E-state index contributed by atoms with van der Waals surface area (Å²) in [7, 11) is 0. The normalized spacial score (nSPS) is 10.6. The van der Waals surface area contributed by atoms with E-state index in [4.69, 9.17) is 5.73 Å². The molecule has 0 saturated carbocycles. The van der Waals surface area contributed by atoms with E-state index in [1.54, 1.807) is 34.6 Å². The van der Waals surface area contributed by atoms with Gasteiger partial charge in [0.2, 0.25) is 0 Å². The number of hydrogen-bond acceptors (Lipinski definition) is 6. The topological polar surface area (TPSA) is 81.6 Å². The van der Waals surface area contributed by atoms with E-state index in [1.165, 1.54) is 11.2 Å². The molecule has 0 aliphatic carbocycles. The van der Waals surface area contributed by atoms with Crippen LogP contribution in [0.1, 0.15) is 4.88 Å². The van der Waals surface area contributed by atoms with Crippen molar-refractivity contribution in [2.24, 2.45) is 0 Å². The van der Waals surface area contributed by atoms with E-state index < -0.39 is 0 Å². The van der Waals surface area contributed by atoms with Crippen LogP contribution in [0.3, 0.4) is 0 Å². The van der Waals surface area contributed by atoms with Crippen LogP contribution in [0, 0.1) is 0 Å².